The highest BCUT2D eigenvalue weighted by atomic mass is 19.1. The predicted octanol–water partition coefficient (Wildman–Crippen LogP) is 2.09. The number of aryl methyl sites for hydroxylation is 1. The van der Waals surface area contributed by atoms with Crippen molar-refractivity contribution in [3.63, 3.8) is 0 Å². The number of hydrogen-bond acceptors (Lipinski definition) is 3. The fourth-order valence-corrected chi connectivity index (χ4v) is 1.67. The summed E-state index contributed by atoms with van der Waals surface area (Å²) in [7, 11) is 0. The van der Waals surface area contributed by atoms with Crippen LogP contribution in [-0.4, -0.2) is 16.5 Å². The lowest BCUT2D eigenvalue weighted by atomic mass is 10.1. The average Bonchev–Trinajstić information content (AvgIpc) is 2.29. The zero-order chi connectivity index (χ0) is 12.3. The van der Waals surface area contributed by atoms with Crippen LogP contribution in [0.25, 0.3) is 11.4 Å². The highest BCUT2D eigenvalue weighted by Gasteiger charge is 2.04. The summed E-state index contributed by atoms with van der Waals surface area (Å²) in [6, 6.07) is 4.78. The molecule has 0 bridgehead atoms. The van der Waals surface area contributed by atoms with Crippen molar-refractivity contribution in [2.45, 2.75) is 13.3 Å². The van der Waals surface area contributed by atoms with E-state index in [1.165, 1.54) is 12.1 Å². The van der Waals surface area contributed by atoms with E-state index in [1.54, 1.807) is 12.4 Å². The largest absolute Gasteiger partial charge is 0.330 e. The standard InChI is InChI=1S/C13H14FN3/c1-9-4-11(6-12(14)5-9)13-16-7-10(2-3-15)8-17-13/h4-8H,2-3,15H2,1H3. The van der Waals surface area contributed by atoms with Gasteiger partial charge in [-0.1, -0.05) is 0 Å². The molecule has 2 aromatic rings. The van der Waals surface area contributed by atoms with Crippen LogP contribution in [0, 0.1) is 12.7 Å². The van der Waals surface area contributed by atoms with Crippen LogP contribution in [0.2, 0.25) is 0 Å². The summed E-state index contributed by atoms with van der Waals surface area (Å²) in [6.45, 7) is 2.41. The molecule has 0 aliphatic carbocycles. The Bertz CT molecular complexity index is 488. The zero-order valence-electron chi connectivity index (χ0n) is 9.65. The van der Waals surface area contributed by atoms with Crippen molar-refractivity contribution in [2.24, 2.45) is 5.73 Å². The van der Waals surface area contributed by atoms with Crippen molar-refractivity contribution in [2.75, 3.05) is 6.54 Å². The number of aromatic nitrogens is 2. The molecule has 0 spiro atoms. The Morgan fingerprint density at radius 2 is 1.88 bits per heavy atom. The van der Waals surface area contributed by atoms with Gasteiger partial charge in [-0.05, 0) is 49.2 Å². The molecule has 17 heavy (non-hydrogen) atoms. The molecule has 0 saturated carbocycles. The minimum Gasteiger partial charge on any atom is -0.330 e. The Morgan fingerprint density at radius 1 is 1.18 bits per heavy atom. The second-order valence-corrected chi connectivity index (χ2v) is 3.97. The van der Waals surface area contributed by atoms with E-state index in [-0.39, 0.29) is 5.82 Å². The third-order valence-electron chi connectivity index (χ3n) is 2.44. The fraction of sp³-hybridized carbons (Fsp3) is 0.231. The van der Waals surface area contributed by atoms with Crippen molar-refractivity contribution in [3.8, 4) is 11.4 Å². The molecule has 4 heteroatoms. The van der Waals surface area contributed by atoms with Gasteiger partial charge in [-0.15, -0.1) is 0 Å². The Kier molecular flexibility index (Phi) is 3.44. The fourth-order valence-electron chi connectivity index (χ4n) is 1.67. The van der Waals surface area contributed by atoms with Crippen molar-refractivity contribution < 1.29 is 4.39 Å². The molecule has 1 aromatic heterocycles. The Morgan fingerprint density at radius 3 is 2.47 bits per heavy atom. The van der Waals surface area contributed by atoms with E-state index < -0.39 is 0 Å². The van der Waals surface area contributed by atoms with E-state index in [9.17, 15) is 4.39 Å². The lowest BCUT2D eigenvalue weighted by Crippen LogP contribution is -2.03. The minimum atomic E-state index is -0.269. The van der Waals surface area contributed by atoms with E-state index >= 15 is 0 Å². The van der Waals surface area contributed by atoms with Gasteiger partial charge in [0.15, 0.2) is 5.82 Å². The summed E-state index contributed by atoms with van der Waals surface area (Å²) >= 11 is 0. The van der Waals surface area contributed by atoms with Gasteiger partial charge in [0.1, 0.15) is 5.82 Å². The third-order valence-corrected chi connectivity index (χ3v) is 2.44. The van der Waals surface area contributed by atoms with Gasteiger partial charge in [0.25, 0.3) is 0 Å². The first-order valence-corrected chi connectivity index (χ1v) is 5.47. The van der Waals surface area contributed by atoms with Gasteiger partial charge in [0.05, 0.1) is 0 Å². The van der Waals surface area contributed by atoms with E-state index in [0.717, 1.165) is 17.5 Å². The molecule has 2 N–H and O–H groups in total. The molecule has 1 heterocycles. The summed E-state index contributed by atoms with van der Waals surface area (Å²) in [5.41, 5.74) is 7.99. The van der Waals surface area contributed by atoms with Crippen molar-refractivity contribution in [3.05, 3.63) is 47.5 Å². The van der Waals surface area contributed by atoms with Gasteiger partial charge in [-0.25, -0.2) is 14.4 Å². The molecule has 3 nitrogen and oxygen atoms in total. The molecule has 2 rings (SSSR count). The molecule has 0 saturated heterocycles. The number of benzene rings is 1. The topological polar surface area (TPSA) is 51.8 Å². The zero-order valence-corrected chi connectivity index (χ0v) is 9.65. The Balaban J connectivity index is 2.32. The summed E-state index contributed by atoms with van der Waals surface area (Å²) in [6.07, 6.45) is 4.22. The molecular weight excluding hydrogens is 217 g/mol. The van der Waals surface area contributed by atoms with E-state index in [2.05, 4.69) is 9.97 Å². The summed E-state index contributed by atoms with van der Waals surface area (Å²) in [5.74, 6) is 0.267. The molecule has 0 unspecified atom stereocenters. The number of nitrogens with two attached hydrogens (primary N) is 1. The maximum atomic E-state index is 13.2. The second kappa shape index (κ2) is 5.01. The molecule has 0 amide bonds. The van der Waals surface area contributed by atoms with E-state index in [0.29, 0.717) is 17.9 Å². The first-order chi connectivity index (χ1) is 8.19. The number of nitrogens with zero attached hydrogens (tertiary/aromatic N) is 2. The number of hydrogen-bond donors (Lipinski definition) is 1. The van der Waals surface area contributed by atoms with Crippen LogP contribution in [0.4, 0.5) is 4.39 Å². The molecule has 1 aromatic carbocycles. The van der Waals surface area contributed by atoms with Crippen molar-refractivity contribution in [1.29, 1.82) is 0 Å². The molecular formula is C13H14FN3. The van der Waals surface area contributed by atoms with Gasteiger partial charge in [0, 0.05) is 18.0 Å². The van der Waals surface area contributed by atoms with E-state index in [4.69, 9.17) is 5.73 Å². The molecule has 0 aliphatic rings. The van der Waals surface area contributed by atoms with Crippen LogP contribution in [0.3, 0.4) is 0 Å². The van der Waals surface area contributed by atoms with Crippen LogP contribution in [0.15, 0.2) is 30.6 Å². The molecule has 0 fully saturated rings. The van der Waals surface area contributed by atoms with Crippen molar-refractivity contribution in [1.82, 2.24) is 9.97 Å². The molecule has 0 radical (unpaired) electrons. The van der Waals surface area contributed by atoms with Crippen LogP contribution in [0.1, 0.15) is 11.1 Å². The monoisotopic (exact) mass is 231 g/mol. The normalized spacial score (nSPS) is 10.5. The van der Waals surface area contributed by atoms with Gasteiger partial charge in [-0.2, -0.15) is 0 Å². The SMILES string of the molecule is Cc1cc(F)cc(-c2ncc(CCN)cn2)c1. The van der Waals surface area contributed by atoms with Crippen LogP contribution >= 0.6 is 0 Å². The molecule has 88 valence electrons. The molecule has 0 aliphatic heterocycles. The maximum absolute atomic E-state index is 13.2. The van der Waals surface area contributed by atoms with Gasteiger partial charge in [-0.3, -0.25) is 0 Å². The average molecular weight is 231 g/mol. The van der Waals surface area contributed by atoms with Crippen LogP contribution in [-0.2, 0) is 6.42 Å². The quantitative estimate of drug-likeness (QED) is 0.880. The lowest BCUT2D eigenvalue weighted by Gasteiger charge is -2.03. The Hall–Kier alpha value is -1.81. The highest BCUT2D eigenvalue weighted by Crippen LogP contribution is 2.17. The van der Waals surface area contributed by atoms with E-state index in [1.807, 2.05) is 13.0 Å². The predicted molar refractivity (Wildman–Crippen MR) is 64.9 cm³/mol. The highest BCUT2D eigenvalue weighted by molar-refractivity contribution is 5.55. The number of rotatable bonds is 3. The van der Waals surface area contributed by atoms with Crippen LogP contribution in [0.5, 0.6) is 0 Å². The van der Waals surface area contributed by atoms with Crippen molar-refractivity contribution >= 4 is 0 Å². The molecule has 0 atom stereocenters. The van der Waals surface area contributed by atoms with Gasteiger partial charge < -0.3 is 5.73 Å². The Labute approximate surface area is 99.5 Å². The van der Waals surface area contributed by atoms with Gasteiger partial charge in [0.2, 0.25) is 0 Å². The summed E-state index contributed by atoms with van der Waals surface area (Å²) in [4.78, 5) is 8.43. The number of halogens is 1. The van der Waals surface area contributed by atoms with Gasteiger partial charge >= 0.3 is 0 Å². The third kappa shape index (κ3) is 2.85. The smallest absolute Gasteiger partial charge is 0.159 e. The summed E-state index contributed by atoms with van der Waals surface area (Å²) in [5, 5.41) is 0. The first-order valence-electron chi connectivity index (χ1n) is 5.47. The first kappa shape index (κ1) is 11.7. The summed E-state index contributed by atoms with van der Waals surface area (Å²) < 4.78 is 13.2. The van der Waals surface area contributed by atoms with Crippen LogP contribution < -0.4 is 5.73 Å². The second-order valence-electron chi connectivity index (χ2n) is 3.97. The lowest BCUT2D eigenvalue weighted by molar-refractivity contribution is 0.627. The minimum absolute atomic E-state index is 0.269. The maximum Gasteiger partial charge on any atom is 0.159 e.